The molecule has 2 N–H and O–H groups in total. The number of thioether (sulfide) groups is 1. The molecular weight excluding hydrogens is 310 g/mol. The molecule has 1 heterocycles. The Kier molecular flexibility index (Phi) is 5.98. The highest BCUT2D eigenvalue weighted by Gasteiger charge is 2.11. The van der Waals surface area contributed by atoms with Crippen molar-refractivity contribution in [3.05, 3.63) is 51.4 Å². The summed E-state index contributed by atoms with van der Waals surface area (Å²) in [6, 6.07) is 7.50. The van der Waals surface area contributed by atoms with Gasteiger partial charge >= 0.3 is 0 Å². The summed E-state index contributed by atoms with van der Waals surface area (Å²) in [6.07, 6.45) is 1.73. The number of para-hydroxylation sites is 1. The second kappa shape index (κ2) is 7.97. The van der Waals surface area contributed by atoms with E-state index < -0.39 is 0 Å². The monoisotopic (exact) mass is 331 g/mol. The van der Waals surface area contributed by atoms with Crippen LogP contribution >= 0.6 is 11.8 Å². The molecular formula is C17H21N3O2S. The first-order chi connectivity index (χ1) is 11.0. The average Bonchev–Trinajstić information content (AvgIpc) is 2.52. The zero-order chi connectivity index (χ0) is 16.8. The fourth-order valence-electron chi connectivity index (χ4n) is 2.33. The minimum Gasteiger partial charge on any atom is -0.325 e. The van der Waals surface area contributed by atoms with Gasteiger partial charge in [0.1, 0.15) is 0 Å². The van der Waals surface area contributed by atoms with Crippen LogP contribution in [0.1, 0.15) is 30.7 Å². The lowest BCUT2D eigenvalue weighted by atomic mass is 10.0. The lowest BCUT2D eigenvalue weighted by molar-refractivity contribution is -0.113. The van der Waals surface area contributed by atoms with Gasteiger partial charge in [-0.2, -0.15) is 0 Å². The second-order valence-corrected chi connectivity index (χ2v) is 6.15. The van der Waals surface area contributed by atoms with Crippen LogP contribution in [0, 0.1) is 6.92 Å². The summed E-state index contributed by atoms with van der Waals surface area (Å²) in [6.45, 7) is 5.89. The van der Waals surface area contributed by atoms with Gasteiger partial charge in [0.2, 0.25) is 5.91 Å². The number of hydrogen-bond donors (Lipinski definition) is 2. The third-order valence-electron chi connectivity index (χ3n) is 3.45. The topological polar surface area (TPSA) is 74.8 Å². The zero-order valence-corrected chi connectivity index (χ0v) is 14.4. The van der Waals surface area contributed by atoms with Crippen LogP contribution < -0.4 is 10.9 Å². The molecule has 5 nitrogen and oxygen atoms in total. The van der Waals surface area contributed by atoms with Crippen molar-refractivity contribution in [3.8, 4) is 0 Å². The number of rotatable bonds is 6. The van der Waals surface area contributed by atoms with E-state index >= 15 is 0 Å². The van der Waals surface area contributed by atoms with Crippen LogP contribution in [-0.4, -0.2) is 21.6 Å². The molecule has 0 unspecified atom stereocenters. The number of aromatic nitrogens is 2. The van der Waals surface area contributed by atoms with Crippen molar-refractivity contribution in [2.24, 2.45) is 0 Å². The molecule has 0 aliphatic heterocycles. The number of hydrogen-bond acceptors (Lipinski definition) is 4. The minimum absolute atomic E-state index is 0.102. The Bertz CT molecular complexity index is 733. The first kappa shape index (κ1) is 17.3. The number of aromatic amines is 1. The summed E-state index contributed by atoms with van der Waals surface area (Å²) in [5.41, 5.74) is 3.61. The zero-order valence-electron chi connectivity index (χ0n) is 13.6. The molecule has 122 valence electrons. The number of aryl methyl sites for hydroxylation is 3. The molecule has 0 aliphatic rings. The highest BCUT2D eigenvalue weighted by molar-refractivity contribution is 7.99. The number of nitrogens with zero attached hydrogens (tertiary/aromatic N) is 1. The second-order valence-electron chi connectivity index (χ2n) is 5.19. The van der Waals surface area contributed by atoms with Crippen LogP contribution in [-0.2, 0) is 17.6 Å². The fourth-order valence-corrected chi connectivity index (χ4v) is 3.05. The lowest BCUT2D eigenvalue weighted by Crippen LogP contribution is -2.17. The third kappa shape index (κ3) is 4.69. The molecule has 0 bridgehead atoms. The van der Waals surface area contributed by atoms with Crippen LogP contribution in [0.3, 0.4) is 0 Å². The van der Waals surface area contributed by atoms with Crippen LogP contribution in [0.15, 0.2) is 34.2 Å². The Labute approximate surface area is 139 Å². The smallest absolute Gasteiger partial charge is 0.251 e. The summed E-state index contributed by atoms with van der Waals surface area (Å²) >= 11 is 1.22. The van der Waals surface area contributed by atoms with Crippen molar-refractivity contribution in [1.82, 2.24) is 9.97 Å². The molecule has 6 heteroatoms. The van der Waals surface area contributed by atoms with E-state index in [1.165, 1.54) is 17.8 Å². The number of amides is 1. The van der Waals surface area contributed by atoms with E-state index in [2.05, 4.69) is 29.1 Å². The average molecular weight is 331 g/mol. The van der Waals surface area contributed by atoms with Crippen LogP contribution in [0.4, 0.5) is 5.69 Å². The number of carbonyl (C=O) groups is 1. The quantitative estimate of drug-likeness (QED) is 0.630. The molecule has 2 aromatic rings. The maximum atomic E-state index is 12.2. The van der Waals surface area contributed by atoms with E-state index in [0.29, 0.717) is 10.9 Å². The van der Waals surface area contributed by atoms with Gasteiger partial charge in [-0.3, -0.25) is 9.59 Å². The van der Waals surface area contributed by atoms with Gasteiger partial charge in [0, 0.05) is 17.4 Å². The van der Waals surface area contributed by atoms with Crippen molar-refractivity contribution in [1.29, 1.82) is 0 Å². The highest BCUT2D eigenvalue weighted by Crippen LogP contribution is 2.23. The Hall–Kier alpha value is -2.08. The van der Waals surface area contributed by atoms with Gasteiger partial charge in [-0.15, -0.1) is 0 Å². The highest BCUT2D eigenvalue weighted by atomic mass is 32.2. The number of H-pyrrole nitrogens is 1. The molecule has 0 aliphatic carbocycles. The summed E-state index contributed by atoms with van der Waals surface area (Å²) in [7, 11) is 0. The molecule has 0 fully saturated rings. The Balaban J connectivity index is 2.07. The molecule has 1 amide bonds. The first-order valence-corrected chi connectivity index (χ1v) is 8.63. The van der Waals surface area contributed by atoms with Crippen molar-refractivity contribution in [2.45, 2.75) is 38.8 Å². The van der Waals surface area contributed by atoms with Crippen molar-refractivity contribution in [2.75, 3.05) is 11.1 Å². The van der Waals surface area contributed by atoms with Gasteiger partial charge in [-0.25, -0.2) is 4.98 Å². The molecule has 0 spiro atoms. The summed E-state index contributed by atoms with van der Waals surface area (Å²) in [4.78, 5) is 30.5. The van der Waals surface area contributed by atoms with Gasteiger partial charge in [0.15, 0.2) is 5.16 Å². The first-order valence-electron chi connectivity index (χ1n) is 7.64. The van der Waals surface area contributed by atoms with Crippen molar-refractivity contribution >= 4 is 23.4 Å². The van der Waals surface area contributed by atoms with E-state index in [0.717, 1.165) is 29.7 Å². The van der Waals surface area contributed by atoms with Crippen molar-refractivity contribution < 1.29 is 4.79 Å². The molecule has 2 rings (SSSR count). The van der Waals surface area contributed by atoms with Crippen LogP contribution in [0.25, 0.3) is 0 Å². The normalized spacial score (nSPS) is 10.6. The van der Waals surface area contributed by atoms with E-state index in [4.69, 9.17) is 0 Å². The van der Waals surface area contributed by atoms with E-state index in [-0.39, 0.29) is 17.2 Å². The van der Waals surface area contributed by atoms with Crippen molar-refractivity contribution in [3.63, 3.8) is 0 Å². The Morgan fingerprint density at radius 2 is 1.91 bits per heavy atom. The van der Waals surface area contributed by atoms with E-state index in [1.807, 2.05) is 18.2 Å². The molecule has 0 saturated heterocycles. The Morgan fingerprint density at radius 3 is 2.48 bits per heavy atom. The Morgan fingerprint density at radius 1 is 1.26 bits per heavy atom. The van der Waals surface area contributed by atoms with Crippen LogP contribution in [0.5, 0.6) is 0 Å². The van der Waals surface area contributed by atoms with Crippen LogP contribution in [0.2, 0.25) is 0 Å². The van der Waals surface area contributed by atoms with Gasteiger partial charge < -0.3 is 10.3 Å². The summed E-state index contributed by atoms with van der Waals surface area (Å²) < 4.78 is 0. The SMILES string of the molecule is CCc1cccc(CC)c1NC(=O)CSc1nc(C)cc(=O)[nH]1. The molecule has 1 aromatic heterocycles. The molecule has 0 saturated carbocycles. The predicted octanol–water partition coefficient (Wildman–Crippen LogP) is 2.93. The predicted molar refractivity (Wildman–Crippen MR) is 94.1 cm³/mol. The van der Waals surface area contributed by atoms with Gasteiger partial charge in [0.25, 0.3) is 5.56 Å². The molecule has 1 aromatic carbocycles. The molecule has 0 radical (unpaired) electrons. The number of nitrogens with one attached hydrogen (secondary N) is 2. The summed E-state index contributed by atoms with van der Waals surface area (Å²) in [5, 5.41) is 3.46. The largest absolute Gasteiger partial charge is 0.325 e. The molecule has 23 heavy (non-hydrogen) atoms. The lowest BCUT2D eigenvalue weighted by Gasteiger charge is -2.14. The third-order valence-corrected chi connectivity index (χ3v) is 4.32. The van der Waals surface area contributed by atoms with Gasteiger partial charge in [-0.05, 0) is 30.9 Å². The minimum atomic E-state index is -0.204. The maximum absolute atomic E-state index is 12.2. The molecule has 0 atom stereocenters. The standard InChI is InChI=1S/C17H21N3O2S/c1-4-12-7-6-8-13(5-2)16(12)19-15(22)10-23-17-18-11(3)9-14(21)20-17/h6-9H,4-5,10H2,1-3H3,(H,19,22)(H,18,20,21). The number of benzene rings is 1. The van der Waals surface area contributed by atoms with Gasteiger partial charge in [0.05, 0.1) is 5.75 Å². The van der Waals surface area contributed by atoms with Gasteiger partial charge in [-0.1, -0.05) is 43.8 Å². The van der Waals surface area contributed by atoms with E-state index in [9.17, 15) is 9.59 Å². The summed E-state index contributed by atoms with van der Waals surface area (Å²) in [5.74, 6) is 0.0999. The maximum Gasteiger partial charge on any atom is 0.251 e. The number of carbonyl (C=O) groups excluding carboxylic acids is 1. The fraction of sp³-hybridized carbons (Fsp3) is 0.353. The van der Waals surface area contributed by atoms with E-state index in [1.54, 1.807) is 6.92 Å². The number of anilines is 1.